The SMILES string of the molecule is Bc1ccc2c(c1)C(C)(C)c1cc(Br)ccc1-2. The maximum absolute atomic E-state index is 3.58. The summed E-state index contributed by atoms with van der Waals surface area (Å²) in [6.45, 7) is 4.62. The van der Waals surface area contributed by atoms with Crippen LogP contribution in [0.3, 0.4) is 0 Å². The van der Waals surface area contributed by atoms with Crippen molar-refractivity contribution in [2.24, 2.45) is 0 Å². The number of benzene rings is 2. The van der Waals surface area contributed by atoms with Crippen molar-refractivity contribution in [2.75, 3.05) is 0 Å². The standard InChI is InChI=1S/C15H14BBr/c1-15(2)13-7-9(16)3-5-11(13)12-6-4-10(17)8-14(12)15/h3-8H,16H2,1-2H3. The Morgan fingerprint density at radius 2 is 1.53 bits per heavy atom. The van der Waals surface area contributed by atoms with E-state index in [1.165, 1.54) is 27.7 Å². The zero-order valence-corrected chi connectivity index (χ0v) is 11.9. The topological polar surface area (TPSA) is 0 Å². The van der Waals surface area contributed by atoms with Gasteiger partial charge in [-0.2, -0.15) is 0 Å². The van der Waals surface area contributed by atoms with E-state index in [1.54, 1.807) is 0 Å². The maximum Gasteiger partial charge on any atom is 0.139 e. The second kappa shape index (κ2) is 3.49. The van der Waals surface area contributed by atoms with Gasteiger partial charge in [-0.1, -0.05) is 59.5 Å². The number of fused-ring (bicyclic) bond motifs is 3. The van der Waals surface area contributed by atoms with Crippen molar-refractivity contribution in [3.8, 4) is 11.1 Å². The molecule has 0 aliphatic heterocycles. The van der Waals surface area contributed by atoms with Gasteiger partial charge in [0.15, 0.2) is 0 Å². The van der Waals surface area contributed by atoms with Gasteiger partial charge in [0.25, 0.3) is 0 Å². The minimum Gasteiger partial charge on any atom is -0.0886 e. The summed E-state index contributed by atoms with van der Waals surface area (Å²) in [7, 11) is 2.16. The molecule has 1 aliphatic carbocycles. The lowest BCUT2D eigenvalue weighted by molar-refractivity contribution is 0.660. The van der Waals surface area contributed by atoms with Gasteiger partial charge in [-0.15, -0.1) is 0 Å². The van der Waals surface area contributed by atoms with Gasteiger partial charge in [-0.3, -0.25) is 0 Å². The highest BCUT2D eigenvalue weighted by Crippen LogP contribution is 2.48. The first-order valence-electron chi connectivity index (χ1n) is 5.92. The zero-order valence-electron chi connectivity index (χ0n) is 10.3. The molecule has 17 heavy (non-hydrogen) atoms. The van der Waals surface area contributed by atoms with Gasteiger partial charge in [-0.25, -0.2) is 0 Å². The number of hydrogen-bond acceptors (Lipinski definition) is 0. The third-order valence-electron chi connectivity index (χ3n) is 3.79. The molecule has 0 nitrogen and oxygen atoms in total. The molecule has 0 N–H and O–H groups in total. The molecule has 0 amide bonds. The third-order valence-corrected chi connectivity index (χ3v) is 4.29. The second-order valence-electron chi connectivity index (χ2n) is 5.36. The molecule has 2 aromatic rings. The van der Waals surface area contributed by atoms with Crippen molar-refractivity contribution < 1.29 is 0 Å². The van der Waals surface area contributed by atoms with E-state index in [4.69, 9.17) is 0 Å². The minimum atomic E-state index is 0.112. The number of halogens is 1. The van der Waals surface area contributed by atoms with Crippen LogP contribution >= 0.6 is 15.9 Å². The van der Waals surface area contributed by atoms with Crippen LogP contribution in [0, 0.1) is 0 Å². The van der Waals surface area contributed by atoms with Crippen LogP contribution < -0.4 is 5.46 Å². The fourth-order valence-electron chi connectivity index (χ4n) is 2.82. The summed E-state index contributed by atoms with van der Waals surface area (Å²) in [5.74, 6) is 0. The van der Waals surface area contributed by atoms with Gasteiger partial charge in [0.1, 0.15) is 7.85 Å². The molecular weight excluding hydrogens is 271 g/mol. The van der Waals surface area contributed by atoms with Crippen LogP contribution in [0.15, 0.2) is 40.9 Å². The zero-order chi connectivity index (χ0) is 12.2. The predicted molar refractivity (Wildman–Crippen MR) is 79.9 cm³/mol. The molecule has 0 saturated carbocycles. The first kappa shape index (κ1) is 11.1. The smallest absolute Gasteiger partial charge is 0.0886 e. The normalized spacial score (nSPS) is 15.5. The molecule has 0 bridgehead atoms. The van der Waals surface area contributed by atoms with E-state index in [2.05, 4.69) is 74.0 Å². The summed E-state index contributed by atoms with van der Waals surface area (Å²) < 4.78 is 1.16. The van der Waals surface area contributed by atoms with E-state index in [9.17, 15) is 0 Å². The van der Waals surface area contributed by atoms with Crippen molar-refractivity contribution in [3.63, 3.8) is 0 Å². The molecule has 0 radical (unpaired) electrons. The Balaban J connectivity index is 2.37. The van der Waals surface area contributed by atoms with Crippen molar-refractivity contribution in [3.05, 3.63) is 52.0 Å². The molecule has 1 aliphatic rings. The van der Waals surface area contributed by atoms with Crippen molar-refractivity contribution in [1.29, 1.82) is 0 Å². The van der Waals surface area contributed by atoms with E-state index < -0.39 is 0 Å². The number of hydrogen-bond donors (Lipinski definition) is 0. The predicted octanol–water partition coefficient (Wildman–Crippen LogP) is 3.01. The van der Waals surface area contributed by atoms with Crippen LogP contribution in [0.5, 0.6) is 0 Å². The van der Waals surface area contributed by atoms with Gasteiger partial charge in [0, 0.05) is 9.89 Å². The van der Waals surface area contributed by atoms with Gasteiger partial charge >= 0.3 is 0 Å². The first-order chi connectivity index (χ1) is 8.00. The van der Waals surface area contributed by atoms with Gasteiger partial charge in [0.2, 0.25) is 0 Å². The molecule has 0 saturated heterocycles. The molecule has 0 spiro atoms. The van der Waals surface area contributed by atoms with E-state index >= 15 is 0 Å². The van der Waals surface area contributed by atoms with Crippen LogP contribution in [0.4, 0.5) is 0 Å². The molecule has 2 aromatic carbocycles. The van der Waals surface area contributed by atoms with Gasteiger partial charge < -0.3 is 0 Å². The molecule has 3 rings (SSSR count). The van der Waals surface area contributed by atoms with E-state index in [-0.39, 0.29) is 5.41 Å². The van der Waals surface area contributed by atoms with Crippen molar-refractivity contribution in [1.82, 2.24) is 0 Å². The summed E-state index contributed by atoms with van der Waals surface area (Å²) in [6.07, 6.45) is 0. The molecule has 0 fully saturated rings. The summed E-state index contributed by atoms with van der Waals surface area (Å²) in [5, 5.41) is 0. The molecule has 0 aromatic heterocycles. The van der Waals surface area contributed by atoms with Crippen LogP contribution in [0.1, 0.15) is 25.0 Å². The highest BCUT2D eigenvalue weighted by molar-refractivity contribution is 9.10. The van der Waals surface area contributed by atoms with Gasteiger partial charge in [-0.05, 0) is 34.4 Å². The van der Waals surface area contributed by atoms with E-state index in [1.807, 2.05) is 0 Å². The van der Waals surface area contributed by atoms with Crippen LogP contribution in [0.2, 0.25) is 0 Å². The average molecular weight is 285 g/mol. The highest BCUT2D eigenvalue weighted by Gasteiger charge is 2.35. The molecule has 0 atom stereocenters. The van der Waals surface area contributed by atoms with Crippen molar-refractivity contribution in [2.45, 2.75) is 19.3 Å². The first-order valence-corrected chi connectivity index (χ1v) is 6.71. The highest BCUT2D eigenvalue weighted by atomic mass is 79.9. The summed E-state index contributed by atoms with van der Waals surface area (Å²) >= 11 is 3.58. The Morgan fingerprint density at radius 3 is 2.24 bits per heavy atom. The monoisotopic (exact) mass is 284 g/mol. The molecule has 84 valence electrons. The lowest BCUT2D eigenvalue weighted by atomic mass is 9.80. The Hall–Kier alpha value is -1.02. The Kier molecular flexibility index (Phi) is 2.28. The third kappa shape index (κ3) is 1.50. The molecule has 0 heterocycles. The van der Waals surface area contributed by atoms with Crippen LogP contribution in [0.25, 0.3) is 11.1 Å². The molecular formula is C15H14BBr. The maximum atomic E-state index is 3.58. The Labute approximate surface area is 112 Å². The second-order valence-corrected chi connectivity index (χ2v) is 6.28. The Bertz CT molecular complexity index is 561. The summed E-state index contributed by atoms with van der Waals surface area (Å²) in [4.78, 5) is 0. The van der Waals surface area contributed by atoms with E-state index in [0.29, 0.717) is 0 Å². The largest absolute Gasteiger partial charge is 0.139 e. The summed E-state index contributed by atoms with van der Waals surface area (Å²) in [6, 6.07) is 13.4. The van der Waals surface area contributed by atoms with Crippen molar-refractivity contribution >= 4 is 29.2 Å². The van der Waals surface area contributed by atoms with Crippen LogP contribution in [-0.4, -0.2) is 7.85 Å². The lowest BCUT2D eigenvalue weighted by Gasteiger charge is -2.21. The molecule has 0 unspecified atom stereocenters. The minimum absolute atomic E-state index is 0.112. The fourth-order valence-corrected chi connectivity index (χ4v) is 3.18. The molecule has 2 heteroatoms. The Morgan fingerprint density at radius 1 is 0.941 bits per heavy atom. The summed E-state index contributed by atoms with van der Waals surface area (Å²) in [5.41, 5.74) is 7.10. The quantitative estimate of drug-likeness (QED) is 0.653. The average Bonchev–Trinajstić information content (AvgIpc) is 2.49. The fraction of sp³-hybridized carbons (Fsp3) is 0.200. The van der Waals surface area contributed by atoms with Crippen LogP contribution in [-0.2, 0) is 5.41 Å². The van der Waals surface area contributed by atoms with Gasteiger partial charge in [0.05, 0.1) is 0 Å². The lowest BCUT2D eigenvalue weighted by Crippen LogP contribution is -2.17. The van der Waals surface area contributed by atoms with E-state index in [0.717, 1.165) is 4.47 Å². The number of rotatable bonds is 0.